The first-order chi connectivity index (χ1) is 17.3. The smallest absolute Gasteiger partial charge is 0.261 e. The van der Waals surface area contributed by atoms with Crippen molar-refractivity contribution in [1.29, 1.82) is 0 Å². The summed E-state index contributed by atoms with van der Waals surface area (Å²) in [6.45, 7) is 0.383. The first-order valence-corrected chi connectivity index (χ1v) is 13.1. The van der Waals surface area contributed by atoms with Gasteiger partial charge in [0, 0.05) is 29.5 Å². The van der Waals surface area contributed by atoms with Gasteiger partial charge in [0.25, 0.3) is 10.0 Å². The van der Waals surface area contributed by atoms with Crippen LogP contribution in [0, 0.1) is 0 Å². The summed E-state index contributed by atoms with van der Waals surface area (Å²) >= 11 is 3.47. The van der Waals surface area contributed by atoms with Gasteiger partial charge in [-0.3, -0.25) is 4.72 Å². The normalized spacial score (nSPS) is 11.5. The second kappa shape index (κ2) is 9.51. The number of benzene rings is 3. The highest BCUT2D eigenvalue weighted by atomic mass is 79.9. The quantitative estimate of drug-likeness (QED) is 0.207. The molecule has 0 saturated heterocycles. The first-order valence-electron chi connectivity index (χ1n) is 10.8. The zero-order valence-electron chi connectivity index (χ0n) is 18.8. The van der Waals surface area contributed by atoms with Gasteiger partial charge in [-0.05, 0) is 70.0 Å². The largest absolute Gasteiger partial charge is 0.507 e. The van der Waals surface area contributed by atoms with Gasteiger partial charge in [0.1, 0.15) is 11.6 Å². The van der Waals surface area contributed by atoms with E-state index in [0.717, 1.165) is 5.56 Å². The van der Waals surface area contributed by atoms with E-state index in [1.165, 1.54) is 12.1 Å². The molecule has 5 aromatic rings. The molecule has 3 aromatic carbocycles. The maximum absolute atomic E-state index is 12.7. The monoisotopic (exact) mass is 564 g/mol. The second-order valence-corrected chi connectivity index (χ2v) is 10.5. The number of nitrogens with two attached hydrogens (primary N) is 1. The molecule has 0 atom stereocenters. The second-order valence-electron chi connectivity index (χ2n) is 8.00. The van der Waals surface area contributed by atoms with Crippen molar-refractivity contribution in [2.75, 3.05) is 15.8 Å². The van der Waals surface area contributed by atoms with Crippen LogP contribution in [-0.2, 0) is 16.6 Å². The molecule has 0 aliphatic heterocycles. The number of nitrogens with one attached hydrogen (secondary N) is 2. The molecule has 5 rings (SSSR count). The molecule has 36 heavy (non-hydrogen) atoms. The van der Waals surface area contributed by atoms with Crippen LogP contribution in [0.3, 0.4) is 0 Å². The van der Waals surface area contributed by atoms with Gasteiger partial charge in [-0.1, -0.05) is 24.3 Å². The van der Waals surface area contributed by atoms with Gasteiger partial charge in [0.15, 0.2) is 5.65 Å². The minimum atomic E-state index is -3.76. The van der Waals surface area contributed by atoms with Crippen LogP contribution in [-0.4, -0.2) is 28.1 Å². The number of fused-ring (bicyclic) bond motifs is 1. The van der Waals surface area contributed by atoms with E-state index < -0.39 is 10.0 Å². The predicted octanol–water partition coefficient (Wildman–Crippen LogP) is 4.86. The third-order valence-electron chi connectivity index (χ3n) is 5.45. The summed E-state index contributed by atoms with van der Waals surface area (Å²) in [4.78, 5) is 4.76. The van der Waals surface area contributed by atoms with Crippen molar-refractivity contribution in [3.63, 3.8) is 0 Å². The number of aromatic hydroxyl groups is 1. The lowest BCUT2D eigenvalue weighted by molar-refractivity contribution is 0.477. The number of nitrogens with zero attached hydrogens (tertiary/aromatic N) is 3. The summed E-state index contributed by atoms with van der Waals surface area (Å²) in [5.41, 5.74) is 9.18. The maximum Gasteiger partial charge on any atom is 0.261 e. The van der Waals surface area contributed by atoms with Crippen LogP contribution in [0.15, 0.2) is 94.4 Å². The summed E-state index contributed by atoms with van der Waals surface area (Å²) < 4.78 is 30.5. The van der Waals surface area contributed by atoms with Gasteiger partial charge in [0.2, 0.25) is 0 Å². The molecule has 0 amide bonds. The first kappa shape index (κ1) is 23.6. The Hall–Kier alpha value is -4.09. The van der Waals surface area contributed by atoms with Crippen molar-refractivity contribution in [3.8, 4) is 17.0 Å². The number of hydrogen-bond acceptors (Lipinski definition) is 7. The van der Waals surface area contributed by atoms with Gasteiger partial charge in [-0.25, -0.2) is 13.4 Å². The van der Waals surface area contributed by atoms with E-state index in [9.17, 15) is 13.5 Å². The maximum atomic E-state index is 12.7. The number of aromatic nitrogens is 3. The molecule has 0 spiro atoms. The van der Waals surface area contributed by atoms with Crippen LogP contribution in [0.4, 0.5) is 17.2 Å². The third-order valence-corrected chi connectivity index (χ3v) is 7.41. The van der Waals surface area contributed by atoms with Crippen molar-refractivity contribution in [2.45, 2.75) is 11.4 Å². The Kier molecular flexibility index (Phi) is 6.25. The standard InChI is InChI=1S/C25H21BrN6O3S/c26-21-15-29-32-24(13-22(30-25(21)32)20-6-1-2-7-23(20)33)28-14-16-4-3-5-18(12-16)31-36(34,35)19-10-8-17(27)9-11-19/h1-13,15,28,31,33H,14,27H2. The molecule has 2 heterocycles. The fourth-order valence-corrected chi connectivity index (χ4v) is 5.09. The number of anilines is 3. The molecule has 0 fully saturated rings. The van der Waals surface area contributed by atoms with E-state index in [1.54, 1.807) is 65.3 Å². The minimum Gasteiger partial charge on any atom is -0.507 e. The highest BCUT2D eigenvalue weighted by molar-refractivity contribution is 9.10. The van der Waals surface area contributed by atoms with Gasteiger partial charge in [0.05, 0.1) is 21.3 Å². The molecule has 0 bridgehead atoms. The Morgan fingerprint density at radius 3 is 2.56 bits per heavy atom. The summed E-state index contributed by atoms with van der Waals surface area (Å²) in [5.74, 6) is 0.772. The molecule has 0 aliphatic carbocycles. The van der Waals surface area contributed by atoms with Crippen LogP contribution in [0.1, 0.15) is 5.56 Å². The minimum absolute atomic E-state index is 0.122. The number of nitrogen functional groups attached to an aromatic ring is 1. The number of phenols is 1. The molecule has 2 aromatic heterocycles. The van der Waals surface area contributed by atoms with E-state index in [-0.39, 0.29) is 10.6 Å². The molecular weight excluding hydrogens is 544 g/mol. The highest BCUT2D eigenvalue weighted by Gasteiger charge is 2.15. The lowest BCUT2D eigenvalue weighted by Gasteiger charge is -2.13. The molecule has 5 N–H and O–H groups in total. The number of para-hydroxylation sites is 1. The predicted molar refractivity (Wildman–Crippen MR) is 143 cm³/mol. The lowest BCUT2D eigenvalue weighted by atomic mass is 10.1. The van der Waals surface area contributed by atoms with Crippen molar-refractivity contribution in [1.82, 2.24) is 14.6 Å². The Morgan fingerprint density at radius 2 is 1.78 bits per heavy atom. The zero-order valence-corrected chi connectivity index (χ0v) is 21.2. The molecular formula is C25H21BrN6O3S. The molecule has 182 valence electrons. The number of sulfonamides is 1. The molecule has 11 heteroatoms. The highest BCUT2D eigenvalue weighted by Crippen LogP contribution is 2.31. The lowest BCUT2D eigenvalue weighted by Crippen LogP contribution is -2.13. The van der Waals surface area contributed by atoms with Crippen LogP contribution in [0.2, 0.25) is 0 Å². The van der Waals surface area contributed by atoms with Gasteiger partial charge >= 0.3 is 0 Å². The number of phenolic OH excluding ortho intramolecular Hbond substituents is 1. The van der Waals surface area contributed by atoms with Crippen molar-refractivity contribution in [2.24, 2.45) is 0 Å². The molecule has 0 aliphatic rings. The van der Waals surface area contributed by atoms with Crippen molar-refractivity contribution in [3.05, 3.63) is 95.1 Å². The summed E-state index contributed by atoms with van der Waals surface area (Å²) in [6.07, 6.45) is 1.65. The summed E-state index contributed by atoms with van der Waals surface area (Å²) in [7, 11) is -3.76. The summed E-state index contributed by atoms with van der Waals surface area (Å²) in [6, 6.07) is 21.9. The van der Waals surface area contributed by atoms with Gasteiger partial charge in [-0.15, -0.1) is 0 Å². The van der Waals surface area contributed by atoms with Crippen LogP contribution < -0.4 is 15.8 Å². The average Bonchev–Trinajstić information content (AvgIpc) is 3.24. The van der Waals surface area contributed by atoms with Crippen LogP contribution in [0.5, 0.6) is 5.75 Å². The fourth-order valence-electron chi connectivity index (χ4n) is 3.69. The molecule has 0 radical (unpaired) electrons. The SMILES string of the molecule is Nc1ccc(S(=O)(=O)Nc2cccc(CNc3cc(-c4ccccc4O)nc4c(Br)cnn34)c2)cc1. The molecule has 0 saturated carbocycles. The Balaban J connectivity index is 1.40. The number of hydrogen-bond donors (Lipinski definition) is 4. The topological polar surface area (TPSA) is 135 Å². The van der Waals surface area contributed by atoms with Gasteiger partial charge < -0.3 is 16.2 Å². The summed E-state index contributed by atoms with van der Waals surface area (Å²) in [5, 5.41) is 18.0. The number of halogens is 1. The molecule has 9 nitrogen and oxygen atoms in total. The zero-order chi connectivity index (χ0) is 25.3. The molecule has 0 unspecified atom stereocenters. The Morgan fingerprint density at radius 1 is 1.00 bits per heavy atom. The van der Waals surface area contributed by atoms with E-state index in [2.05, 4.69) is 36.1 Å². The van der Waals surface area contributed by atoms with Crippen molar-refractivity contribution < 1.29 is 13.5 Å². The van der Waals surface area contributed by atoms with E-state index >= 15 is 0 Å². The van der Waals surface area contributed by atoms with Crippen molar-refractivity contribution >= 4 is 48.8 Å². The van der Waals surface area contributed by atoms with E-state index in [4.69, 9.17) is 5.73 Å². The van der Waals surface area contributed by atoms with Crippen LogP contribution in [0.25, 0.3) is 16.9 Å². The fraction of sp³-hybridized carbons (Fsp3) is 0.0400. The average molecular weight is 565 g/mol. The Labute approximate surface area is 215 Å². The van der Waals surface area contributed by atoms with Gasteiger partial charge in [-0.2, -0.15) is 9.61 Å². The van der Waals surface area contributed by atoms with E-state index in [0.29, 0.717) is 45.1 Å². The van der Waals surface area contributed by atoms with Crippen LogP contribution >= 0.6 is 15.9 Å². The Bertz CT molecular complexity index is 1670. The number of rotatable bonds is 7. The third kappa shape index (κ3) is 4.83. The van der Waals surface area contributed by atoms with E-state index in [1.807, 2.05) is 12.1 Å².